The number of sulfone groups is 2. The van der Waals surface area contributed by atoms with Crippen LogP contribution in [0.25, 0.3) is 0 Å². The fourth-order valence-electron chi connectivity index (χ4n) is 4.14. The number of carbonyl (C=O) groups excluding carboxylic acids is 1. The second-order valence-corrected chi connectivity index (χ2v) is 12.4. The normalized spacial score (nSPS) is 13.6. The Bertz CT molecular complexity index is 1320. The average Bonchev–Trinajstić information content (AvgIpc) is 2.89. The topological polar surface area (TPSA) is 138 Å². The molecule has 0 aliphatic rings. The maximum atomic E-state index is 14.1. The maximum Gasteiger partial charge on any atom is 0.309 e. The summed E-state index contributed by atoms with van der Waals surface area (Å²) in [4.78, 5) is 23.0. The first-order valence-electron chi connectivity index (χ1n) is 10.9. The number of benzene rings is 3. The molecule has 190 valence electrons. The van der Waals surface area contributed by atoms with Gasteiger partial charge in [0.05, 0.1) is 22.8 Å². The van der Waals surface area contributed by atoms with Crippen LogP contribution in [0.3, 0.4) is 0 Å². The van der Waals surface area contributed by atoms with Gasteiger partial charge in [-0.15, -0.1) is 0 Å². The molecule has 3 aromatic carbocycles. The second kappa shape index (κ2) is 11.4. The molecule has 11 heteroatoms. The highest BCUT2D eigenvalue weighted by Gasteiger charge is 2.51. The van der Waals surface area contributed by atoms with E-state index in [0.717, 1.165) is 7.11 Å². The molecular weight excluding hydrogens is 506 g/mol. The average molecular weight is 532 g/mol. The number of hydrogen-bond acceptors (Lipinski definition) is 8. The van der Waals surface area contributed by atoms with Gasteiger partial charge in [0.2, 0.25) is 6.54 Å². The van der Waals surface area contributed by atoms with Crippen LogP contribution >= 0.6 is 0 Å². The van der Waals surface area contributed by atoms with Crippen LogP contribution in [0.5, 0.6) is 0 Å². The standard InChI is InChI=1S/C25H25NO8S2/c1-34-24(27)22(17-18-26(28)29)23(19-11-5-2-6-12-19)25(35(30,31)20-13-7-3-8-14-20)36(32,33)21-15-9-4-10-16-21/h2-16,22-23,25H,17-18H2,1H3. The van der Waals surface area contributed by atoms with Crippen LogP contribution < -0.4 is 0 Å². The Morgan fingerprint density at radius 2 is 1.22 bits per heavy atom. The minimum Gasteiger partial charge on any atom is -0.469 e. The van der Waals surface area contributed by atoms with Gasteiger partial charge < -0.3 is 4.74 Å². The van der Waals surface area contributed by atoms with Crippen molar-refractivity contribution in [2.45, 2.75) is 26.7 Å². The summed E-state index contributed by atoms with van der Waals surface area (Å²) in [5, 5.41) is 11.2. The van der Waals surface area contributed by atoms with Crippen LogP contribution in [0.4, 0.5) is 0 Å². The van der Waals surface area contributed by atoms with Gasteiger partial charge in [-0.05, 0) is 29.8 Å². The molecule has 9 nitrogen and oxygen atoms in total. The van der Waals surface area contributed by atoms with E-state index in [1.165, 1.54) is 60.7 Å². The summed E-state index contributed by atoms with van der Waals surface area (Å²) in [7, 11) is -8.22. The van der Waals surface area contributed by atoms with Gasteiger partial charge in [-0.2, -0.15) is 0 Å². The van der Waals surface area contributed by atoms with Crippen molar-refractivity contribution < 1.29 is 31.3 Å². The zero-order chi connectivity index (χ0) is 26.3. The quantitative estimate of drug-likeness (QED) is 0.208. The van der Waals surface area contributed by atoms with Crippen LogP contribution in [-0.2, 0) is 29.2 Å². The van der Waals surface area contributed by atoms with Crippen molar-refractivity contribution in [2.75, 3.05) is 13.7 Å². The number of hydrogen-bond donors (Lipinski definition) is 0. The van der Waals surface area contributed by atoms with Crippen molar-refractivity contribution in [2.24, 2.45) is 5.92 Å². The molecule has 0 radical (unpaired) electrons. The van der Waals surface area contributed by atoms with E-state index in [9.17, 15) is 31.7 Å². The molecule has 2 unspecified atom stereocenters. The van der Waals surface area contributed by atoms with Crippen molar-refractivity contribution >= 4 is 25.6 Å². The van der Waals surface area contributed by atoms with Gasteiger partial charge in [0.1, 0.15) is 0 Å². The molecular formula is C25H25NO8S2. The fraction of sp³-hybridized carbons (Fsp3) is 0.240. The lowest BCUT2D eigenvalue weighted by Gasteiger charge is -2.32. The summed E-state index contributed by atoms with van der Waals surface area (Å²) in [5.74, 6) is -3.89. The lowest BCUT2D eigenvalue weighted by Crippen LogP contribution is -2.42. The van der Waals surface area contributed by atoms with Crippen LogP contribution in [-0.4, -0.2) is 46.0 Å². The Morgan fingerprint density at radius 3 is 1.61 bits per heavy atom. The van der Waals surface area contributed by atoms with Gasteiger partial charge >= 0.3 is 5.97 Å². The van der Waals surface area contributed by atoms with Gasteiger partial charge in [-0.25, -0.2) is 16.8 Å². The van der Waals surface area contributed by atoms with E-state index in [0.29, 0.717) is 0 Å². The van der Waals surface area contributed by atoms with Crippen molar-refractivity contribution in [3.63, 3.8) is 0 Å². The largest absolute Gasteiger partial charge is 0.469 e. The number of esters is 1. The van der Waals surface area contributed by atoms with Crippen LogP contribution in [0.1, 0.15) is 17.9 Å². The summed E-state index contributed by atoms with van der Waals surface area (Å²) in [6, 6.07) is 21.9. The number of rotatable bonds is 11. The van der Waals surface area contributed by atoms with E-state index >= 15 is 0 Å². The Hall–Kier alpha value is -3.57. The van der Waals surface area contributed by atoms with Gasteiger partial charge in [0.15, 0.2) is 24.3 Å². The van der Waals surface area contributed by atoms with Crippen LogP contribution in [0, 0.1) is 16.0 Å². The monoisotopic (exact) mass is 531 g/mol. The highest BCUT2D eigenvalue weighted by Crippen LogP contribution is 2.42. The van der Waals surface area contributed by atoms with Gasteiger partial charge in [0, 0.05) is 17.3 Å². The molecule has 0 saturated heterocycles. The fourth-order valence-corrected chi connectivity index (χ4v) is 9.21. The first-order chi connectivity index (χ1) is 17.1. The van der Waals surface area contributed by atoms with E-state index in [1.54, 1.807) is 30.3 Å². The number of carbonyl (C=O) groups is 1. The van der Waals surface area contributed by atoms with E-state index < -0.39 is 60.0 Å². The Balaban J connectivity index is 2.38. The second-order valence-electron chi connectivity index (χ2n) is 8.00. The molecule has 36 heavy (non-hydrogen) atoms. The van der Waals surface area contributed by atoms with Gasteiger partial charge in [-0.3, -0.25) is 14.9 Å². The first kappa shape index (κ1) is 27.0. The van der Waals surface area contributed by atoms with Gasteiger partial charge in [-0.1, -0.05) is 66.7 Å². The molecule has 0 bridgehead atoms. The van der Waals surface area contributed by atoms with Crippen LogP contribution in [0.15, 0.2) is 101 Å². The molecule has 0 N–H and O–H groups in total. The zero-order valence-corrected chi connectivity index (χ0v) is 21.0. The number of ether oxygens (including phenoxy) is 1. The van der Waals surface area contributed by atoms with Crippen molar-refractivity contribution in [3.8, 4) is 0 Å². The highest BCUT2D eigenvalue weighted by atomic mass is 32.3. The highest BCUT2D eigenvalue weighted by molar-refractivity contribution is 8.09. The van der Waals surface area contributed by atoms with Gasteiger partial charge in [0.25, 0.3) is 0 Å². The third kappa shape index (κ3) is 5.80. The molecule has 0 spiro atoms. The molecule has 0 fully saturated rings. The number of nitro groups is 1. The molecule has 2 atom stereocenters. The number of nitrogens with zero attached hydrogens (tertiary/aromatic N) is 1. The van der Waals surface area contributed by atoms with Crippen molar-refractivity contribution in [1.82, 2.24) is 0 Å². The molecule has 0 heterocycles. The predicted molar refractivity (Wildman–Crippen MR) is 132 cm³/mol. The van der Waals surface area contributed by atoms with Crippen LogP contribution in [0.2, 0.25) is 0 Å². The summed E-state index contributed by atoms with van der Waals surface area (Å²) < 4.78 is 58.9. The van der Waals surface area contributed by atoms with E-state index in [4.69, 9.17) is 4.74 Å². The molecule has 0 aromatic heterocycles. The summed E-state index contributed by atoms with van der Waals surface area (Å²) >= 11 is 0. The third-order valence-electron chi connectivity index (χ3n) is 5.79. The van der Waals surface area contributed by atoms with Crippen molar-refractivity contribution in [3.05, 3.63) is 107 Å². The van der Waals surface area contributed by atoms with Crippen molar-refractivity contribution in [1.29, 1.82) is 0 Å². The minimum atomic E-state index is -4.65. The molecule has 0 aliphatic carbocycles. The van der Waals surface area contributed by atoms with E-state index in [2.05, 4.69) is 0 Å². The number of methoxy groups -OCH3 is 1. The summed E-state index contributed by atoms with van der Waals surface area (Å²) in [6.45, 7) is -0.688. The predicted octanol–water partition coefficient (Wildman–Crippen LogP) is 3.50. The summed E-state index contributed by atoms with van der Waals surface area (Å²) in [6.07, 6.45) is -0.426. The lowest BCUT2D eigenvalue weighted by molar-refractivity contribution is -0.481. The zero-order valence-electron chi connectivity index (χ0n) is 19.3. The Kier molecular flexibility index (Phi) is 8.59. The molecule has 0 amide bonds. The maximum absolute atomic E-state index is 14.1. The first-order valence-corrected chi connectivity index (χ1v) is 14.0. The summed E-state index contributed by atoms with van der Waals surface area (Å²) in [5.41, 5.74) is 0.222. The molecule has 3 rings (SSSR count). The SMILES string of the molecule is COC(=O)C(CC[N+](=O)[O-])C(c1ccccc1)C(S(=O)(=O)c1ccccc1)S(=O)(=O)c1ccccc1. The molecule has 0 saturated carbocycles. The Labute approximate surface area is 209 Å². The third-order valence-corrected chi connectivity index (χ3v) is 11.0. The molecule has 3 aromatic rings. The minimum absolute atomic E-state index is 0.222. The molecule has 0 aliphatic heterocycles. The van der Waals surface area contributed by atoms with E-state index in [1.807, 2.05) is 0 Å². The lowest BCUT2D eigenvalue weighted by atomic mass is 9.85. The Morgan fingerprint density at radius 1 is 0.806 bits per heavy atom. The van der Waals surface area contributed by atoms with E-state index in [-0.39, 0.29) is 15.4 Å². The smallest absolute Gasteiger partial charge is 0.309 e.